The first-order valence-electron chi connectivity index (χ1n) is 3.13. The Bertz CT molecular complexity index is 109. The van der Waals surface area contributed by atoms with E-state index in [0.717, 1.165) is 17.3 Å². The zero-order valence-electron chi connectivity index (χ0n) is 6.20. The molecule has 62 valence electrons. The SMILES string of the molecule is CCCCN(OC)S(=O)[O-]. The number of hydrogen-bond donors (Lipinski definition) is 0. The molecule has 10 heavy (non-hydrogen) atoms. The van der Waals surface area contributed by atoms with E-state index in [1.807, 2.05) is 6.92 Å². The topological polar surface area (TPSA) is 52.6 Å². The summed E-state index contributed by atoms with van der Waals surface area (Å²) >= 11 is -2.24. The molecule has 0 fully saturated rings. The number of nitrogens with zero attached hydrogens (tertiary/aromatic N) is 1. The third-order valence-corrected chi connectivity index (χ3v) is 1.73. The van der Waals surface area contributed by atoms with Gasteiger partial charge in [-0.15, -0.1) is 4.47 Å². The maximum absolute atomic E-state index is 10.2. The Hall–Kier alpha value is 0.0300. The van der Waals surface area contributed by atoms with Crippen molar-refractivity contribution in [1.82, 2.24) is 4.47 Å². The summed E-state index contributed by atoms with van der Waals surface area (Å²) in [6.45, 7) is 2.42. The average Bonchev–Trinajstić information content (AvgIpc) is 1.89. The standard InChI is InChI=1S/C5H13NO3S/c1-3-4-5-6(9-2)10(7)8/h3-5H2,1-2H3,(H,7,8)/p-1. The minimum absolute atomic E-state index is 0.434. The van der Waals surface area contributed by atoms with E-state index in [4.69, 9.17) is 0 Å². The molecule has 4 nitrogen and oxygen atoms in total. The van der Waals surface area contributed by atoms with E-state index in [1.165, 1.54) is 7.11 Å². The molecule has 0 aliphatic carbocycles. The van der Waals surface area contributed by atoms with E-state index in [0.29, 0.717) is 6.54 Å². The molecule has 0 aliphatic heterocycles. The van der Waals surface area contributed by atoms with Crippen LogP contribution in [0.1, 0.15) is 19.8 Å². The van der Waals surface area contributed by atoms with Crippen molar-refractivity contribution in [3.63, 3.8) is 0 Å². The van der Waals surface area contributed by atoms with E-state index >= 15 is 0 Å². The predicted octanol–water partition coefficient (Wildman–Crippen LogP) is 0.444. The Balaban J connectivity index is 3.50. The third kappa shape index (κ3) is 3.94. The molecule has 0 N–H and O–H groups in total. The Morgan fingerprint density at radius 3 is 2.60 bits per heavy atom. The molecule has 0 saturated heterocycles. The van der Waals surface area contributed by atoms with Crippen molar-refractivity contribution in [3.05, 3.63) is 0 Å². The molecule has 5 heteroatoms. The van der Waals surface area contributed by atoms with Gasteiger partial charge in [0.05, 0.1) is 7.11 Å². The Morgan fingerprint density at radius 2 is 2.30 bits per heavy atom. The lowest BCUT2D eigenvalue weighted by molar-refractivity contribution is -0.0508. The van der Waals surface area contributed by atoms with Gasteiger partial charge in [-0.25, -0.2) is 0 Å². The van der Waals surface area contributed by atoms with Gasteiger partial charge in [0.25, 0.3) is 0 Å². The van der Waals surface area contributed by atoms with Gasteiger partial charge in [0.2, 0.25) is 0 Å². The minimum Gasteiger partial charge on any atom is -0.758 e. The fraction of sp³-hybridized carbons (Fsp3) is 1.00. The summed E-state index contributed by atoms with van der Waals surface area (Å²) in [6, 6.07) is 0. The van der Waals surface area contributed by atoms with Crippen LogP contribution in [-0.2, 0) is 16.1 Å². The molecule has 1 unspecified atom stereocenters. The van der Waals surface area contributed by atoms with Crippen molar-refractivity contribution in [2.24, 2.45) is 0 Å². The molecule has 1 atom stereocenters. The molecule has 0 heterocycles. The molecule has 0 aliphatic rings. The zero-order valence-corrected chi connectivity index (χ0v) is 7.02. The van der Waals surface area contributed by atoms with E-state index in [-0.39, 0.29) is 0 Å². The minimum atomic E-state index is -2.24. The van der Waals surface area contributed by atoms with Crippen LogP contribution in [0.2, 0.25) is 0 Å². The van der Waals surface area contributed by atoms with Gasteiger partial charge >= 0.3 is 0 Å². The summed E-state index contributed by atoms with van der Waals surface area (Å²) in [7, 11) is 1.34. The van der Waals surface area contributed by atoms with Crippen LogP contribution in [0.15, 0.2) is 0 Å². The van der Waals surface area contributed by atoms with Crippen molar-refractivity contribution in [1.29, 1.82) is 0 Å². The van der Waals surface area contributed by atoms with Crippen LogP contribution in [-0.4, -0.2) is 26.9 Å². The smallest absolute Gasteiger partial charge is 0.0586 e. The van der Waals surface area contributed by atoms with Gasteiger partial charge in [-0.1, -0.05) is 13.3 Å². The van der Waals surface area contributed by atoms with Crippen molar-refractivity contribution in [2.45, 2.75) is 19.8 Å². The van der Waals surface area contributed by atoms with Gasteiger partial charge in [-0.3, -0.25) is 9.05 Å². The van der Waals surface area contributed by atoms with Crippen molar-refractivity contribution in [2.75, 3.05) is 13.7 Å². The molecule has 0 bridgehead atoms. The van der Waals surface area contributed by atoms with Gasteiger partial charge in [-0.2, -0.15) is 0 Å². The summed E-state index contributed by atoms with van der Waals surface area (Å²) in [5.41, 5.74) is 0. The lowest BCUT2D eigenvalue weighted by Gasteiger charge is -2.20. The van der Waals surface area contributed by atoms with Gasteiger partial charge in [-0.05, 0) is 6.42 Å². The molecule has 0 saturated carbocycles. The molecule has 0 spiro atoms. The first-order chi connectivity index (χ1) is 4.72. The molecule has 0 amide bonds. The lowest BCUT2D eigenvalue weighted by atomic mass is 10.3. The van der Waals surface area contributed by atoms with Crippen molar-refractivity contribution >= 4 is 11.3 Å². The normalized spacial score (nSPS) is 14.0. The van der Waals surface area contributed by atoms with Crippen molar-refractivity contribution in [3.8, 4) is 0 Å². The Morgan fingerprint density at radius 1 is 1.70 bits per heavy atom. The van der Waals surface area contributed by atoms with E-state index in [1.54, 1.807) is 0 Å². The lowest BCUT2D eigenvalue weighted by Crippen LogP contribution is -2.25. The second kappa shape index (κ2) is 5.79. The summed E-state index contributed by atoms with van der Waals surface area (Å²) in [6.07, 6.45) is 1.78. The van der Waals surface area contributed by atoms with Crippen LogP contribution in [0, 0.1) is 0 Å². The highest BCUT2D eigenvalue weighted by atomic mass is 32.2. The van der Waals surface area contributed by atoms with Gasteiger partial charge < -0.3 is 4.55 Å². The number of hydrogen-bond acceptors (Lipinski definition) is 3. The maximum atomic E-state index is 10.2. The second-order valence-electron chi connectivity index (χ2n) is 1.81. The molecule has 0 aromatic carbocycles. The summed E-state index contributed by atoms with van der Waals surface area (Å²) in [5, 5.41) is 0. The Kier molecular flexibility index (Phi) is 5.81. The molecule has 0 aromatic heterocycles. The van der Waals surface area contributed by atoms with Crippen LogP contribution in [0.25, 0.3) is 0 Å². The number of unbranched alkanes of at least 4 members (excludes halogenated alkanes) is 1. The monoisotopic (exact) mass is 166 g/mol. The highest BCUT2D eigenvalue weighted by molar-refractivity contribution is 7.76. The van der Waals surface area contributed by atoms with Crippen LogP contribution in [0.3, 0.4) is 0 Å². The highest BCUT2D eigenvalue weighted by Crippen LogP contribution is 1.96. The Labute approximate surface area is 63.5 Å². The van der Waals surface area contributed by atoms with Gasteiger partial charge in [0.1, 0.15) is 0 Å². The molecule has 0 aromatic rings. The molecular weight excluding hydrogens is 154 g/mol. The van der Waals surface area contributed by atoms with Crippen LogP contribution >= 0.6 is 0 Å². The van der Waals surface area contributed by atoms with E-state index < -0.39 is 11.3 Å². The highest BCUT2D eigenvalue weighted by Gasteiger charge is 2.00. The second-order valence-corrected chi connectivity index (χ2v) is 2.65. The van der Waals surface area contributed by atoms with Crippen molar-refractivity contribution < 1.29 is 13.6 Å². The largest absolute Gasteiger partial charge is 0.758 e. The van der Waals surface area contributed by atoms with Crippen LogP contribution in [0.5, 0.6) is 0 Å². The third-order valence-electron chi connectivity index (χ3n) is 1.06. The predicted molar refractivity (Wildman–Crippen MR) is 37.5 cm³/mol. The average molecular weight is 166 g/mol. The molecular formula is C5H12NO3S-. The fourth-order valence-electron chi connectivity index (χ4n) is 0.514. The van der Waals surface area contributed by atoms with E-state index in [2.05, 4.69) is 4.84 Å². The molecule has 0 radical (unpaired) electrons. The summed E-state index contributed by atoms with van der Waals surface area (Å²) in [5.74, 6) is 0. The quantitative estimate of drug-likeness (QED) is 0.440. The first kappa shape index (κ1) is 10.0. The summed E-state index contributed by atoms with van der Waals surface area (Å²) < 4.78 is 21.4. The summed E-state index contributed by atoms with van der Waals surface area (Å²) in [4.78, 5) is 4.53. The molecule has 0 rings (SSSR count). The first-order valence-corrected chi connectivity index (χ1v) is 4.16. The fourth-order valence-corrected chi connectivity index (χ4v) is 0.914. The van der Waals surface area contributed by atoms with Gasteiger partial charge in [0, 0.05) is 17.8 Å². The number of rotatable bonds is 5. The van der Waals surface area contributed by atoms with Crippen LogP contribution < -0.4 is 0 Å². The van der Waals surface area contributed by atoms with E-state index in [9.17, 15) is 8.76 Å². The maximum Gasteiger partial charge on any atom is 0.0586 e. The zero-order chi connectivity index (χ0) is 7.98. The van der Waals surface area contributed by atoms with Gasteiger partial charge in [0.15, 0.2) is 0 Å². The van der Waals surface area contributed by atoms with Crippen LogP contribution in [0.4, 0.5) is 0 Å². The number of hydroxylamine groups is 1.